The van der Waals surface area contributed by atoms with E-state index in [-0.39, 0.29) is 17.4 Å². The number of hydrogen-bond donors (Lipinski definition) is 1. The lowest BCUT2D eigenvalue weighted by atomic mass is 10.1. The van der Waals surface area contributed by atoms with Gasteiger partial charge in [-0.3, -0.25) is 19.1 Å². The molecule has 112 valence electrons. The van der Waals surface area contributed by atoms with E-state index in [4.69, 9.17) is 0 Å². The first kappa shape index (κ1) is 14.3. The molecule has 1 heterocycles. The minimum absolute atomic E-state index is 0.145. The molecule has 0 unspecified atom stereocenters. The van der Waals surface area contributed by atoms with Gasteiger partial charge in [-0.2, -0.15) is 0 Å². The van der Waals surface area contributed by atoms with Crippen molar-refractivity contribution >= 4 is 5.78 Å². The highest BCUT2D eigenvalue weighted by atomic mass is 16.2. The summed E-state index contributed by atoms with van der Waals surface area (Å²) in [6, 6.07) is 9.88. The Balaban J connectivity index is 2.03. The van der Waals surface area contributed by atoms with E-state index >= 15 is 0 Å². The Morgan fingerprint density at radius 1 is 1.14 bits per heavy atom. The summed E-state index contributed by atoms with van der Waals surface area (Å²) < 4.78 is 1.38. The molecule has 1 N–H and O–H groups in total. The van der Waals surface area contributed by atoms with E-state index in [0.717, 1.165) is 12.8 Å². The largest absolute Gasteiger partial charge is 0.328 e. The van der Waals surface area contributed by atoms with Crippen LogP contribution in [0.3, 0.4) is 0 Å². The zero-order chi connectivity index (χ0) is 15.5. The molecule has 22 heavy (non-hydrogen) atoms. The number of rotatable bonds is 4. The maximum Gasteiger partial charge on any atom is 0.328 e. The van der Waals surface area contributed by atoms with Crippen LogP contribution in [0.25, 0.3) is 0 Å². The van der Waals surface area contributed by atoms with Crippen molar-refractivity contribution in [3.05, 3.63) is 80.6 Å². The Bertz CT molecular complexity index is 823. The molecule has 0 saturated carbocycles. The van der Waals surface area contributed by atoms with Gasteiger partial charge in [0.2, 0.25) is 5.78 Å². The molecule has 0 radical (unpaired) electrons. The van der Waals surface area contributed by atoms with Gasteiger partial charge in [0.1, 0.15) is 0 Å². The van der Waals surface area contributed by atoms with Crippen LogP contribution in [0.15, 0.2) is 58.1 Å². The van der Waals surface area contributed by atoms with Crippen LogP contribution in [0.1, 0.15) is 28.9 Å². The van der Waals surface area contributed by atoms with Crippen molar-refractivity contribution in [2.45, 2.75) is 19.4 Å². The van der Waals surface area contributed by atoms with Gasteiger partial charge in [-0.1, -0.05) is 42.5 Å². The Morgan fingerprint density at radius 3 is 2.50 bits per heavy atom. The van der Waals surface area contributed by atoms with Gasteiger partial charge < -0.3 is 0 Å². The van der Waals surface area contributed by atoms with Crippen molar-refractivity contribution in [1.29, 1.82) is 0 Å². The number of aromatic amines is 1. The second-order valence-electron chi connectivity index (χ2n) is 5.44. The second-order valence-corrected chi connectivity index (χ2v) is 5.44. The first-order valence-electron chi connectivity index (χ1n) is 7.24. The maximum absolute atomic E-state index is 12.6. The standard InChI is InChI=1S/C17H16N2O3/c20-15-10-14(16(21)13-8-2-1-3-9-13)19(17(22)18-15)11-12-6-4-5-7-12/h1-5,8-10,12H,6-7,11H2,(H,18,20,22). The predicted molar refractivity (Wildman–Crippen MR) is 83.1 cm³/mol. The van der Waals surface area contributed by atoms with Gasteiger partial charge in [-0.15, -0.1) is 0 Å². The van der Waals surface area contributed by atoms with Crippen LogP contribution in [0, 0.1) is 5.92 Å². The van der Waals surface area contributed by atoms with E-state index < -0.39 is 11.2 Å². The van der Waals surface area contributed by atoms with Crippen molar-refractivity contribution < 1.29 is 4.79 Å². The van der Waals surface area contributed by atoms with E-state index in [1.807, 2.05) is 6.07 Å². The molecule has 2 aromatic rings. The SMILES string of the molecule is O=C(c1ccccc1)c1cc(=O)[nH]c(=O)n1CC1CC=CC1. The van der Waals surface area contributed by atoms with E-state index in [0.29, 0.717) is 12.1 Å². The monoisotopic (exact) mass is 296 g/mol. The van der Waals surface area contributed by atoms with E-state index in [9.17, 15) is 14.4 Å². The third-order valence-electron chi connectivity index (χ3n) is 3.85. The number of benzene rings is 1. The Kier molecular flexibility index (Phi) is 3.87. The molecule has 0 saturated heterocycles. The van der Waals surface area contributed by atoms with Crippen LogP contribution in [0.5, 0.6) is 0 Å². The smallest absolute Gasteiger partial charge is 0.290 e. The van der Waals surface area contributed by atoms with Gasteiger partial charge in [0.25, 0.3) is 5.56 Å². The molecule has 1 aromatic carbocycles. The third-order valence-corrected chi connectivity index (χ3v) is 3.85. The molecule has 0 fully saturated rings. The van der Waals surface area contributed by atoms with Crippen LogP contribution < -0.4 is 11.2 Å². The number of ketones is 1. The molecule has 1 aliphatic carbocycles. The fraction of sp³-hybridized carbons (Fsp3) is 0.235. The first-order valence-corrected chi connectivity index (χ1v) is 7.24. The Hall–Kier alpha value is -2.69. The summed E-state index contributed by atoms with van der Waals surface area (Å²) in [6.45, 7) is 0.427. The van der Waals surface area contributed by atoms with Crippen molar-refractivity contribution in [2.24, 2.45) is 5.92 Å². The lowest BCUT2D eigenvalue weighted by Gasteiger charge is -2.15. The number of H-pyrrole nitrogens is 1. The molecule has 1 aromatic heterocycles. The molecule has 0 bridgehead atoms. The van der Waals surface area contributed by atoms with Crippen LogP contribution in [-0.4, -0.2) is 15.3 Å². The van der Waals surface area contributed by atoms with Gasteiger partial charge in [0.05, 0.1) is 5.69 Å². The average molecular weight is 296 g/mol. The molecule has 0 atom stereocenters. The Labute approximate surface area is 126 Å². The molecular weight excluding hydrogens is 280 g/mol. The summed E-state index contributed by atoms with van der Waals surface area (Å²) in [6.07, 6.45) is 5.90. The van der Waals surface area contributed by atoms with E-state index in [1.165, 1.54) is 10.6 Å². The van der Waals surface area contributed by atoms with Crippen molar-refractivity contribution in [3.63, 3.8) is 0 Å². The van der Waals surface area contributed by atoms with Gasteiger partial charge in [-0.25, -0.2) is 4.79 Å². The van der Waals surface area contributed by atoms with Crippen LogP contribution >= 0.6 is 0 Å². The molecule has 5 heteroatoms. The highest BCUT2D eigenvalue weighted by Gasteiger charge is 2.19. The normalized spacial score (nSPS) is 14.4. The van der Waals surface area contributed by atoms with Gasteiger partial charge in [0.15, 0.2) is 0 Å². The lowest BCUT2D eigenvalue weighted by molar-refractivity contribution is 0.102. The first-order chi connectivity index (χ1) is 10.6. The van der Waals surface area contributed by atoms with Gasteiger partial charge >= 0.3 is 5.69 Å². The van der Waals surface area contributed by atoms with E-state index in [2.05, 4.69) is 17.1 Å². The highest BCUT2D eigenvalue weighted by molar-refractivity contribution is 6.07. The van der Waals surface area contributed by atoms with Crippen molar-refractivity contribution in [3.8, 4) is 0 Å². The second kappa shape index (κ2) is 5.97. The molecule has 0 aliphatic heterocycles. The predicted octanol–water partition coefficient (Wildman–Crippen LogP) is 1.73. The molecular formula is C17H16N2O3. The number of aromatic nitrogens is 2. The third kappa shape index (κ3) is 2.83. The summed E-state index contributed by atoms with van der Waals surface area (Å²) in [4.78, 5) is 38.6. The summed E-state index contributed by atoms with van der Waals surface area (Å²) in [7, 11) is 0. The summed E-state index contributed by atoms with van der Waals surface area (Å²) in [5, 5.41) is 0. The van der Waals surface area contributed by atoms with Crippen molar-refractivity contribution in [1.82, 2.24) is 9.55 Å². The van der Waals surface area contributed by atoms with Gasteiger partial charge in [-0.05, 0) is 18.8 Å². The molecule has 0 spiro atoms. The molecule has 0 amide bonds. The fourth-order valence-corrected chi connectivity index (χ4v) is 2.71. The number of allylic oxidation sites excluding steroid dienone is 2. The van der Waals surface area contributed by atoms with E-state index in [1.54, 1.807) is 24.3 Å². The van der Waals surface area contributed by atoms with Crippen LogP contribution in [0.4, 0.5) is 0 Å². The molecule has 3 rings (SSSR count). The number of nitrogens with zero attached hydrogens (tertiary/aromatic N) is 1. The van der Waals surface area contributed by atoms with Crippen LogP contribution in [0.2, 0.25) is 0 Å². The quantitative estimate of drug-likeness (QED) is 0.690. The van der Waals surface area contributed by atoms with Crippen LogP contribution in [-0.2, 0) is 6.54 Å². The number of hydrogen-bond acceptors (Lipinski definition) is 3. The number of nitrogens with one attached hydrogen (secondary N) is 1. The van der Waals surface area contributed by atoms with Crippen molar-refractivity contribution in [2.75, 3.05) is 0 Å². The summed E-state index contributed by atoms with van der Waals surface area (Å²) in [5.74, 6) is -0.0271. The summed E-state index contributed by atoms with van der Waals surface area (Å²) in [5.41, 5.74) is -0.471. The minimum Gasteiger partial charge on any atom is -0.290 e. The maximum atomic E-state index is 12.6. The molecule has 1 aliphatic rings. The fourth-order valence-electron chi connectivity index (χ4n) is 2.71. The number of carbonyl (C=O) groups is 1. The zero-order valence-electron chi connectivity index (χ0n) is 12.0. The minimum atomic E-state index is -0.551. The molecule has 5 nitrogen and oxygen atoms in total. The topological polar surface area (TPSA) is 71.9 Å². The average Bonchev–Trinajstić information content (AvgIpc) is 3.03. The summed E-state index contributed by atoms with van der Waals surface area (Å²) >= 11 is 0. The highest BCUT2D eigenvalue weighted by Crippen LogP contribution is 2.20. The Morgan fingerprint density at radius 2 is 1.82 bits per heavy atom. The number of carbonyl (C=O) groups excluding carboxylic acids is 1. The van der Waals surface area contributed by atoms with Gasteiger partial charge in [0, 0.05) is 18.2 Å². The lowest BCUT2D eigenvalue weighted by Crippen LogP contribution is -2.35. The zero-order valence-corrected chi connectivity index (χ0v) is 12.0.